The summed E-state index contributed by atoms with van der Waals surface area (Å²) in [5.41, 5.74) is 0. The Bertz CT molecular complexity index is 522. The highest BCUT2D eigenvalue weighted by atomic mass is 32.2. The molecule has 0 saturated carbocycles. The average molecular weight is 374 g/mol. The first-order valence-corrected chi connectivity index (χ1v) is 11.6. The van der Waals surface area contributed by atoms with Gasteiger partial charge in [0, 0.05) is 31.6 Å². The fourth-order valence-corrected chi connectivity index (χ4v) is 4.88. The molecule has 0 spiro atoms. The molecule has 2 rings (SSSR count). The third-order valence-electron chi connectivity index (χ3n) is 5.46. The van der Waals surface area contributed by atoms with Crippen LogP contribution in [0.25, 0.3) is 0 Å². The molecule has 2 saturated heterocycles. The highest BCUT2D eigenvalue weighted by Crippen LogP contribution is 2.20. The van der Waals surface area contributed by atoms with Gasteiger partial charge < -0.3 is 5.32 Å². The molecule has 0 radical (unpaired) electrons. The smallest absolute Gasteiger partial charge is 0.223 e. The third kappa shape index (κ3) is 6.53. The van der Waals surface area contributed by atoms with Crippen LogP contribution >= 0.6 is 0 Å². The van der Waals surface area contributed by atoms with Gasteiger partial charge in [0.05, 0.1) is 6.26 Å². The van der Waals surface area contributed by atoms with Crippen molar-refractivity contribution >= 4 is 15.9 Å². The van der Waals surface area contributed by atoms with E-state index in [1.165, 1.54) is 29.8 Å². The van der Waals surface area contributed by atoms with Crippen molar-refractivity contribution in [1.29, 1.82) is 0 Å². The van der Waals surface area contributed by atoms with Crippen molar-refractivity contribution in [2.45, 2.75) is 58.4 Å². The van der Waals surface area contributed by atoms with Crippen molar-refractivity contribution in [1.82, 2.24) is 14.5 Å². The van der Waals surface area contributed by atoms with E-state index in [9.17, 15) is 13.2 Å². The molecule has 2 heterocycles. The van der Waals surface area contributed by atoms with Gasteiger partial charge in [-0.25, -0.2) is 12.7 Å². The summed E-state index contributed by atoms with van der Waals surface area (Å²) in [7, 11) is -3.13. The van der Waals surface area contributed by atoms with Crippen LogP contribution in [0.3, 0.4) is 0 Å². The Morgan fingerprint density at radius 1 is 1.08 bits per heavy atom. The van der Waals surface area contributed by atoms with Crippen LogP contribution < -0.4 is 5.32 Å². The zero-order valence-corrected chi connectivity index (χ0v) is 16.9. The van der Waals surface area contributed by atoms with E-state index in [1.54, 1.807) is 0 Å². The number of carbonyl (C=O) groups is 1. The molecule has 0 aromatic carbocycles. The summed E-state index contributed by atoms with van der Waals surface area (Å²) in [5.74, 6) is 0.653. The normalized spacial score (nSPS) is 22.9. The minimum Gasteiger partial charge on any atom is -0.354 e. The van der Waals surface area contributed by atoms with Crippen LogP contribution in [-0.4, -0.2) is 68.6 Å². The van der Waals surface area contributed by atoms with Crippen molar-refractivity contribution < 1.29 is 13.2 Å². The Kier molecular flexibility index (Phi) is 7.70. The molecule has 25 heavy (non-hydrogen) atoms. The minimum atomic E-state index is -3.13. The maximum absolute atomic E-state index is 12.5. The predicted octanol–water partition coefficient (Wildman–Crippen LogP) is 1.67. The summed E-state index contributed by atoms with van der Waals surface area (Å²) in [6.07, 6.45) is 7.42. The molecule has 2 aliphatic rings. The lowest BCUT2D eigenvalue weighted by Crippen LogP contribution is -2.49. The number of amides is 1. The number of nitrogens with zero attached hydrogens (tertiary/aromatic N) is 2. The monoisotopic (exact) mass is 373 g/mol. The van der Waals surface area contributed by atoms with Gasteiger partial charge in [-0.15, -0.1) is 0 Å². The van der Waals surface area contributed by atoms with E-state index >= 15 is 0 Å². The van der Waals surface area contributed by atoms with E-state index in [4.69, 9.17) is 0 Å². The molecule has 1 unspecified atom stereocenters. The van der Waals surface area contributed by atoms with Gasteiger partial charge >= 0.3 is 0 Å². The van der Waals surface area contributed by atoms with E-state index in [-0.39, 0.29) is 11.8 Å². The number of piperidine rings is 2. The topological polar surface area (TPSA) is 69.7 Å². The zero-order chi connectivity index (χ0) is 18.4. The quantitative estimate of drug-likeness (QED) is 0.737. The van der Waals surface area contributed by atoms with Gasteiger partial charge in [-0.05, 0) is 51.1 Å². The van der Waals surface area contributed by atoms with Crippen LogP contribution in [0.1, 0.15) is 52.4 Å². The van der Waals surface area contributed by atoms with E-state index in [1.807, 2.05) is 0 Å². The molecule has 7 heteroatoms. The number of sulfonamides is 1. The van der Waals surface area contributed by atoms with Gasteiger partial charge in [-0.2, -0.15) is 0 Å². The van der Waals surface area contributed by atoms with Crippen molar-refractivity contribution in [3.05, 3.63) is 0 Å². The van der Waals surface area contributed by atoms with Crippen LogP contribution in [0.2, 0.25) is 0 Å². The van der Waals surface area contributed by atoms with E-state index in [0.29, 0.717) is 44.4 Å². The maximum atomic E-state index is 12.5. The number of hydrogen-bond acceptors (Lipinski definition) is 4. The maximum Gasteiger partial charge on any atom is 0.223 e. The fraction of sp³-hybridized carbons (Fsp3) is 0.944. The SMILES string of the molecule is CC(C)CC(CNC(=O)C1CCN(S(C)(=O)=O)CC1)N1CCCCC1. The highest BCUT2D eigenvalue weighted by Gasteiger charge is 2.29. The highest BCUT2D eigenvalue weighted by molar-refractivity contribution is 7.88. The largest absolute Gasteiger partial charge is 0.354 e. The Labute approximate surface area is 153 Å². The summed E-state index contributed by atoms with van der Waals surface area (Å²) >= 11 is 0. The molecule has 2 aliphatic heterocycles. The Morgan fingerprint density at radius 2 is 1.68 bits per heavy atom. The van der Waals surface area contributed by atoms with Gasteiger partial charge in [0.15, 0.2) is 0 Å². The molecule has 146 valence electrons. The van der Waals surface area contributed by atoms with Crippen molar-refractivity contribution in [3.8, 4) is 0 Å². The number of hydrogen-bond donors (Lipinski definition) is 1. The third-order valence-corrected chi connectivity index (χ3v) is 6.76. The van der Waals surface area contributed by atoms with Crippen LogP contribution in [0, 0.1) is 11.8 Å². The van der Waals surface area contributed by atoms with Gasteiger partial charge in [-0.1, -0.05) is 20.3 Å². The van der Waals surface area contributed by atoms with Crippen LogP contribution in [0.15, 0.2) is 0 Å². The number of carbonyl (C=O) groups excluding carboxylic acids is 1. The molecular formula is C18H35N3O3S. The molecule has 0 aromatic rings. The van der Waals surface area contributed by atoms with E-state index in [2.05, 4.69) is 24.1 Å². The summed E-state index contributed by atoms with van der Waals surface area (Å²) < 4.78 is 24.6. The first-order chi connectivity index (χ1) is 11.8. The van der Waals surface area contributed by atoms with Crippen molar-refractivity contribution in [2.24, 2.45) is 11.8 Å². The minimum absolute atomic E-state index is 0.0564. The fourth-order valence-electron chi connectivity index (χ4n) is 4.00. The lowest BCUT2D eigenvalue weighted by atomic mass is 9.96. The molecular weight excluding hydrogens is 338 g/mol. The second-order valence-corrected chi connectivity index (χ2v) is 10.0. The lowest BCUT2D eigenvalue weighted by Gasteiger charge is -2.36. The van der Waals surface area contributed by atoms with E-state index < -0.39 is 10.0 Å². The second-order valence-electron chi connectivity index (χ2n) is 8.06. The summed E-state index contributed by atoms with van der Waals surface area (Å²) in [5, 5.41) is 3.16. The first-order valence-electron chi connectivity index (χ1n) is 9.74. The molecule has 0 aromatic heterocycles. The molecule has 1 N–H and O–H groups in total. The Balaban J connectivity index is 1.82. The molecule has 0 aliphatic carbocycles. The average Bonchev–Trinajstić information content (AvgIpc) is 2.58. The molecule has 0 bridgehead atoms. The Morgan fingerprint density at radius 3 is 2.20 bits per heavy atom. The predicted molar refractivity (Wildman–Crippen MR) is 101 cm³/mol. The van der Waals surface area contributed by atoms with Crippen LogP contribution in [-0.2, 0) is 14.8 Å². The van der Waals surface area contributed by atoms with Gasteiger partial charge in [0.1, 0.15) is 0 Å². The van der Waals surface area contributed by atoms with Crippen LogP contribution in [0.5, 0.6) is 0 Å². The number of nitrogens with one attached hydrogen (secondary N) is 1. The summed E-state index contributed by atoms with van der Waals surface area (Å²) in [6, 6.07) is 0.417. The molecule has 6 nitrogen and oxygen atoms in total. The molecule has 1 atom stereocenters. The molecule has 2 fully saturated rings. The number of likely N-dealkylation sites (tertiary alicyclic amines) is 1. The second kappa shape index (κ2) is 9.33. The summed E-state index contributed by atoms with van der Waals surface area (Å²) in [4.78, 5) is 15.1. The van der Waals surface area contributed by atoms with Crippen molar-refractivity contribution in [2.75, 3.05) is 39.0 Å². The zero-order valence-electron chi connectivity index (χ0n) is 16.0. The van der Waals surface area contributed by atoms with Gasteiger partial charge in [-0.3, -0.25) is 9.69 Å². The first kappa shape index (κ1) is 20.6. The summed E-state index contributed by atoms with van der Waals surface area (Å²) in [6.45, 7) is 8.37. The van der Waals surface area contributed by atoms with Crippen molar-refractivity contribution in [3.63, 3.8) is 0 Å². The van der Waals surface area contributed by atoms with Gasteiger partial charge in [0.2, 0.25) is 15.9 Å². The van der Waals surface area contributed by atoms with E-state index in [0.717, 1.165) is 19.5 Å². The van der Waals surface area contributed by atoms with Gasteiger partial charge in [0.25, 0.3) is 0 Å². The lowest BCUT2D eigenvalue weighted by molar-refractivity contribution is -0.126. The standard InChI is InChI=1S/C18H35N3O3S/c1-15(2)13-17(20-9-5-4-6-10-20)14-19-18(22)16-7-11-21(12-8-16)25(3,23)24/h15-17H,4-14H2,1-3H3,(H,19,22). The Hall–Kier alpha value is -0.660. The van der Waals surface area contributed by atoms with Crippen LogP contribution in [0.4, 0.5) is 0 Å². The number of rotatable bonds is 7. The molecule has 1 amide bonds.